The number of hydrogen-bond donors (Lipinski definition) is 1. The van der Waals surface area contributed by atoms with Gasteiger partial charge in [0.15, 0.2) is 0 Å². The molecule has 0 radical (unpaired) electrons. The zero-order valence-corrected chi connectivity index (χ0v) is 19.0. The van der Waals surface area contributed by atoms with Crippen molar-refractivity contribution >= 4 is 27.5 Å². The first-order valence-corrected chi connectivity index (χ1v) is 11.7. The average Bonchev–Trinajstić information content (AvgIpc) is 2.75. The molecular weight excluding hydrogens is 432 g/mol. The number of aryl methyl sites for hydroxylation is 1. The number of rotatable bonds is 8. The number of hydrogen-bond acceptors (Lipinski definition) is 3. The first kappa shape index (κ1) is 23.0. The second-order valence-electron chi connectivity index (χ2n) is 7.41. The predicted octanol–water partition coefficient (Wildman–Crippen LogP) is 4.72. The molecule has 1 unspecified atom stereocenters. The summed E-state index contributed by atoms with van der Waals surface area (Å²) in [6.07, 6.45) is 0. The van der Waals surface area contributed by atoms with Crippen LogP contribution in [0.25, 0.3) is 0 Å². The number of halogens is 1. The Balaban J connectivity index is 1.83. The average molecular weight is 457 g/mol. The fourth-order valence-corrected chi connectivity index (χ4v) is 4.66. The smallest absolute Gasteiger partial charge is 0.243 e. The van der Waals surface area contributed by atoms with Crippen molar-refractivity contribution in [2.45, 2.75) is 31.3 Å². The van der Waals surface area contributed by atoms with Gasteiger partial charge in [-0.05, 0) is 49.2 Å². The summed E-state index contributed by atoms with van der Waals surface area (Å²) in [6, 6.07) is 22.8. The van der Waals surface area contributed by atoms with E-state index in [9.17, 15) is 13.2 Å². The van der Waals surface area contributed by atoms with Crippen molar-refractivity contribution < 1.29 is 13.2 Å². The summed E-state index contributed by atoms with van der Waals surface area (Å²) in [4.78, 5) is 12.9. The highest BCUT2D eigenvalue weighted by Crippen LogP contribution is 2.20. The maximum Gasteiger partial charge on any atom is 0.243 e. The summed E-state index contributed by atoms with van der Waals surface area (Å²) in [7, 11) is -3.88. The summed E-state index contributed by atoms with van der Waals surface area (Å²) in [5, 5.41) is 3.45. The van der Waals surface area contributed by atoms with Crippen LogP contribution >= 0.6 is 11.6 Å². The van der Waals surface area contributed by atoms with Crippen molar-refractivity contribution in [3.63, 3.8) is 0 Å². The van der Waals surface area contributed by atoms with Crippen LogP contribution in [0, 0.1) is 6.92 Å². The molecule has 0 saturated carbocycles. The molecular formula is C24H25ClN2O3S. The molecule has 31 heavy (non-hydrogen) atoms. The van der Waals surface area contributed by atoms with E-state index >= 15 is 0 Å². The minimum Gasteiger partial charge on any atom is -0.348 e. The molecule has 3 rings (SSSR count). The third-order valence-electron chi connectivity index (χ3n) is 4.93. The molecule has 7 heteroatoms. The van der Waals surface area contributed by atoms with Crippen LogP contribution in [0.5, 0.6) is 0 Å². The number of sulfonamides is 1. The molecule has 1 atom stereocenters. The standard InChI is InChI=1S/C24H25ClN2O3S/c1-18-8-14-23(15-9-18)31(29,30)27(16-20-10-12-22(25)13-11-20)17-24(28)26-19(2)21-6-4-3-5-7-21/h3-15,19H,16-17H2,1-2H3,(H,26,28). The molecule has 0 aliphatic carbocycles. The third-order valence-corrected chi connectivity index (χ3v) is 6.99. The van der Waals surface area contributed by atoms with Crippen molar-refractivity contribution in [3.05, 3.63) is 101 Å². The van der Waals surface area contributed by atoms with Gasteiger partial charge >= 0.3 is 0 Å². The lowest BCUT2D eigenvalue weighted by atomic mass is 10.1. The van der Waals surface area contributed by atoms with E-state index in [2.05, 4.69) is 5.32 Å². The molecule has 3 aromatic carbocycles. The van der Waals surface area contributed by atoms with Gasteiger partial charge in [-0.2, -0.15) is 4.31 Å². The van der Waals surface area contributed by atoms with Crippen LogP contribution in [0.2, 0.25) is 5.02 Å². The predicted molar refractivity (Wildman–Crippen MR) is 123 cm³/mol. The molecule has 0 bridgehead atoms. The second-order valence-corrected chi connectivity index (χ2v) is 9.79. The van der Waals surface area contributed by atoms with Crippen LogP contribution in [0.3, 0.4) is 0 Å². The summed E-state index contributed by atoms with van der Waals surface area (Å²) >= 11 is 5.95. The van der Waals surface area contributed by atoms with E-state index < -0.39 is 10.0 Å². The summed E-state index contributed by atoms with van der Waals surface area (Å²) < 4.78 is 27.8. The second kappa shape index (κ2) is 10.1. The van der Waals surface area contributed by atoms with Crippen molar-refractivity contribution in [3.8, 4) is 0 Å². The Hall–Kier alpha value is -2.67. The van der Waals surface area contributed by atoms with E-state index in [0.29, 0.717) is 5.02 Å². The van der Waals surface area contributed by atoms with Crippen LogP contribution in [-0.4, -0.2) is 25.2 Å². The van der Waals surface area contributed by atoms with Crippen molar-refractivity contribution in [2.75, 3.05) is 6.54 Å². The van der Waals surface area contributed by atoms with Gasteiger partial charge in [0.05, 0.1) is 17.5 Å². The van der Waals surface area contributed by atoms with E-state index in [1.807, 2.05) is 44.2 Å². The summed E-state index contributed by atoms with van der Waals surface area (Å²) in [5.74, 6) is -0.374. The SMILES string of the molecule is Cc1ccc(S(=O)(=O)N(CC(=O)NC(C)c2ccccc2)Cc2ccc(Cl)cc2)cc1. The topological polar surface area (TPSA) is 66.5 Å². The van der Waals surface area contributed by atoms with Gasteiger partial charge in [0, 0.05) is 11.6 Å². The number of nitrogens with one attached hydrogen (secondary N) is 1. The van der Waals surface area contributed by atoms with Gasteiger partial charge in [0.1, 0.15) is 0 Å². The Kier molecular flexibility index (Phi) is 7.49. The molecule has 0 saturated heterocycles. The molecule has 0 aromatic heterocycles. The Morgan fingerprint density at radius 3 is 2.19 bits per heavy atom. The molecule has 5 nitrogen and oxygen atoms in total. The molecule has 0 aliphatic rings. The highest BCUT2D eigenvalue weighted by molar-refractivity contribution is 7.89. The number of carbonyl (C=O) groups excluding carboxylic acids is 1. The van der Waals surface area contributed by atoms with Gasteiger partial charge in [0.25, 0.3) is 0 Å². The van der Waals surface area contributed by atoms with Gasteiger partial charge in [0.2, 0.25) is 15.9 Å². The lowest BCUT2D eigenvalue weighted by molar-refractivity contribution is -0.122. The van der Waals surface area contributed by atoms with Crippen molar-refractivity contribution in [1.82, 2.24) is 9.62 Å². The largest absolute Gasteiger partial charge is 0.348 e. The van der Waals surface area contributed by atoms with E-state index in [4.69, 9.17) is 11.6 Å². The molecule has 0 fully saturated rings. The van der Waals surface area contributed by atoms with Gasteiger partial charge in [-0.3, -0.25) is 4.79 Å². The van der Waals surface area contributed by atoms with E-state index in [1.165, 1.54) is 4.31 Å². The fourth-order valence-electron chi connectivity index (χ4n) is 3.15. The van der Waals surface area contributed by atoms with Crippen LogP contribution in [0.4, 0.5) is 0 Å². The quantitative estimate of drug-likeness (QED) is 0.533. The van der Waals surface area contributed by atoms with Crippen LogP contribution in [0.1, 0.15) is 29.7 Å². The van der Waals surface area contributed by atoms with Crippen LogP contribution in [-0.2, 0) is 21.4 Å². The zero-order valence-electron chi connectivity index (χ0n) is 17.5. The summed E-state index contributed by atoms with van der Waals surface area (Å²) in [5.41, 5.74) is 2.64. The van der Waals surface area contributed by atoms with Crippen molar-refractivity contribution in [2.24, 2.45) is 0 Å². The Bertz CT molecular complexity index is 1120. The lowest BCUT2D eigenvalue weighted by Gasteiger charge is -2.23. The third kappa shape index (κ3) is 6.17. The summed E-state index contributed by atoms with van der Waals surface area (Å²) in [6.45, 7) is 3.52. The lowest BCUT2D eigenvalue weighted by Crippen LogP contribution is -2.41. The Morgan fingerprint density at radius 1 is 0.968 bits per heavy atom. The first-order valence-electron chi connectivity index (χ1n) is 9.91. The maximum absolute atomic E-state index is 13.3. The molecule has 1 N–H and O–H groups in total. The number of nitrogens with zero attached hydrogens (tertiary/aromatic N) is 1. The van der Waals surface area contributed by atoms with Crippen LogP contribution in [0.15, 0.2) is 83.8 Å². The van der Waals surface area contributed by atoms with Gasteiger partial charge in [-0.15, -0.1) is 0 Å². The van der Waals surface area contributed by atoms with Crippen molar-refractivity contribution in [1.29, 1.82) is 0 Å². The monoisotopic (exact) mass is 456 g/mol. The normalized spacial score (nSPS) is 12.5. The fraction of sp³-hybridized carbons (Fsp3) is 0.208. The maximum atomic E-state index is 13.3. The Morgan fingerprint density at radius 2 is 1.58 bits per heavy atom. The highest BCUT2D eigenvalue weighted by Gasteiger charge is 2.27. The van der Waals surface area contributed by atoms with Gasteiger partial charge in [-0.25, -0.2) is 8.42 Å². The molecule has 162 valence electrons. The van der Waals surface area contributed by atoms with E-state index in [0.717, 1.165) is 16.7 Å². The number of amides is 1. The molecule has 0 heterocycles. The van der Waals surface area contributed by atoms with Gasteiger partial charge in [-0.1, -0.05) is 71.8 Å². The van der Waals surface area contributed by atoms with E-state index in [-0.39, 0.29) is 29.9 Å². The van der Waals surface area contributed by atoms with Gasteiger partial charge < -0.3 is 5.32 Å². The van der Waals surface area contributed by atoms with Crippen LogP contribution < -0.4 is 5.32 Å². The number of carbonyl (C=O) groups is 1. The molecule has 3 aromatic rings. The zero-order chi connectivity index (χ0) is 22.4. The molecule has 0 spiro atoms. The molecule has 1 amide bonds. The highest BCUT2D eigenvalue weighted by atomic mass is 35.5. The van der Waals surface area contributed by atoms with E-state index in [1.54, 1.807) is 48.5 Å². The first-order chi connectivity index (χ1) is 14.8. The minimum absolute atomic E-state index is 0.0561. The number of benzene rings is 3. The molecule has 0 aliphatic heterocycles. The minimum atomic E-state index is -3.88. The Labute approximate surface area is 188 Å².